The lowest BCUT2D eigenvalue weighted by atomic mass is 9.88. The van der Waals surface area contributed by atoms with Crippen LogP contribution in [0.4, 0.5) is 15.8 Å². The summed E-state index contributed by atoms with van der Waals surface area (Å²) in [6.07, 6.45) is 3.75. The molecule has 3 rings (SSSR count). The number of fused-ring (bicyclic) bond motifs is 1. The first-order chi connectivity index (χ1) is 11.3. The summed E-state index contributed by atoms with van der Waals surface area (Å²) in [7, 11) is 1.99. The van der Waals surface area contributed by atoms with Gasteiger partial charge in [0.05, 0.1) is 11.2 Å². The van der Waals surface area contributed by atoms with Crippen LogP contribution in [0.15, 0.2) is 47.5 Å². The Morgan fingerprint density at radius 1 is 1.21 bits per heavy atom. The van der Waals surface area contributed by atoms with E-state index in [2.05, 4.69) is 36.7 Å². The van der Waals surface area contributed by atoms with Crippen molar-refractivity contribution in [2.24, 2.45) is 4.99 Å². The zero-order valence-electron chi connectivity index (χ0n) is 14.3. The number of hydrogen-bond acceptors (Lipinski definition) is 2. The van der Waals surface area contributed by atoms with Crippen molar-refractivity contribution < 1.29 is 4.39 Å². The van der Waals surface area contributed by atoms with E-state index < -0.39 is 0 Å². The van der Waals surface area contributed by atoms with Gasteiger partial charge >= 0.3 is 0 Å². The molecule has 1 heterocycles. The van der Waals surface area contributed by atoms with Crippen LogP contribution in [0, 0.1) is 5.82 Å². The Hall–Kier alpha value is -2.13. The van der Waals surface area contributed by atoms with Crippen molar-refractivity contribution in [3.8, 4) is 0 Å². The van der Waals surface area contributed by atoms with E-state index in [1.54, 1.807) is 24.4 Å². The minimum Gasteiger partial charge on any atom is -0.365 e. The predicted molar refractivity (Wildman–Crippen MR) is 101 cm³/mol. The molecule has 0 unspecified atom stereocenters. The quantitative estimate of drug-likeness (QED) is 0.624. The van der Waals surface area contributed by atoms with Gasteiger partial charge in [-0.25, -0.2) is 4.39 Å². The molecule has 0 saturated heterocycles. The molecule has 2 aromatic carbocycles. The van der Waals surface area contributed by atoms with Crippen molar-refractivity contribution in [2.75, 3.05) is 11.9 Å². The second-order valence-electron chi connectivity index (χ2n) is 6.67. The molecular formula is C20H20ClFN2. The van der Waals surface area contributed by atoms with Gasteiger partial charge in [-0.15, -0.1) is 0 Å². The van der Waals surface area contributed by atoms with E-state index in [1.807, 2.05) is 25.2 Å². The van der Waals surface area contributed by atoms with Crippen molar-refractivity contribution in [3.63, 3.8) is 0 Å². The molecule has 0 fully saturated rings. The molecule has 24 heavy (non-hydrogen) atoms. The lowest BCUT2D eigenvalue weighted by molar-refractivity contribution is 0.589. The molecule has 4 heteroatoms. The van der Waals surface area contributed by atoms with Gasteiger partial charge in [-0.1, -0.05) is 23.7 Å². The van der Waals surface area contributed by atoms with E-state index in [0.717, 1.165) is 16.8 Å². The van der Waals surface area contributed by atoms with Gasteiger partial charge in [-0.3, -0.25) is 4.99 Å². The maximum Gasteiger partial charge on any atom is 0.134 e. The fourth-order valence-electron chi connectivity index (χ4n) is 2.99. The van der Waals surface area contributed by atoms with E-state index in [-0.39, 0.29) is 11.4 Å². The minimum atomic E-state index is -0.281. The Balaban J connectivity index is 2.02. The lowest BCUT2D eigenvalue weighted by Crippen LogP contribution is -2.42. The Labute approximate surface area is 147 Å². The fourth-order valence-corrected chi connectivity index (χ4v) is 3.17. The SMILES string of the molecule is CC1=CC(C)(C)N(C)c2cc(F)c(C=Nc3cccc(Cl)c3)cc21. The van der Waals surface area contributed by atoms with E-state index in [9.17, 15) is 4.39 Å². The van der Waals surface area contributed by atoms with Crippen LogP contribution >= 0.6 is 11.6 Å². The normalized spacial score (nSPS) is 16.2. The number of hydrogen-bond donors (Lipinski definition) is 0. The third kappa shape index (κ3) is 3.09. The first-order valence-corrected chi connectivity index (χ1v) is 8.22. The smallest absolute Gasteiger partial charge is 0.134 e. The number of nitrogens with zero attached hydrogens (tertiary/aromatic N) is 2. The van der Waals surface area contributed by atoms with Crippen molar-refractivity contribution in [1.29, 1.82) is 0 Å². The molecule has 0 aliphatic carbocycles. The van der Waals surface area contributed by atoms with Gasteiger partial charge in [0.25, 0.3) is 0 Å². The molecule has 0 saturated carbocycles. The number of aliphatic imine (C=N–C) groups is 1. The summed E-state index contributed by atoms with van der Waals surface area (Å²) < 4.78 is 14.5. The lowest BCUT2D eigenvalue weighted by Gasteiger charge is -2.40. The Kier molecular flexibility index (Phi) is 4.22. The summed E-state index contributed by atoms with van der Waals surface area (Å²) in [5, 5.41) is 0.609. The van der Waals surface area contributed by atoms with E-state index in [1.165, 1.54) is 0 Å². The first kappa shape index (κ1) is 16.7. The van der Waals surface area contributed by atoms with E-state index >= 15 is 0 Å². The van der Waals surface area contributed by atoms with Crippen LogP contribution in [0.3, 0.4) is 0 Å². The van der Waals surface area contributed by atoms with Crippen molar-refractivity contribution in [1.82, 2.24) is 0 Å². The summed E-state index contributed by atoms with van der Waals surface area (Å²) in [6, 6.07) is 10.6. The fraction of sp³-hybridized carbons (Fsp3) is 0.250. The summed E-state index contributed by atoms with van der Waals surface area (Å²) >= 11 is 5.95. The standard InChI is InChI=1S/C20H20ClFN2/c1-13-11-20(2,3)24(4)19-10-18(22)14(8-17(13)19)12-23-16-7-5-6-15(21)9-16/h5-12H,1-4H3. The highest BCUT2D eigenvalue weighted by Crippen LogP contribution is 2.38. The highest BCUT2D eigenvalue weighted by molar-refractivity contribution is 6.30. The van der Waals surface area contributed by atoms with Crippen molar-refractivity contribution in [3.05, 3.63) is 64.4 Å². The number of rotatable bonds is 2. The highest BCUT2D eigenvalue weighted by Gasteiger charge is 2.29. The van der Waals surface area contributed by atoms with Gasteiger partial charge < -0.3 is 4.90 Å². The van der Waals surface area contributed by atoms with Crippen LogP contribution < -0.4 is 4.90 Å². The average Bonchev–Trinajstić information content (AvgIpc) is 2.51. The van der Waals surface area contributed by atoms with Crippen LogP contribution in [0.1, 0.15) is 31.9 Å². The summed E-state index contributed by atoms with van der Waals surface area (Å²) in [4.78, 5) is 6.43. The Morgan fingerprint density at radius 2 is 1.96 bits per heavy atom. The van der Waals surface area contributed by atoms with Crippen LogP contribution in [0.5, 0.6) is 0 Å². The predicted octanol–water partition coefficient (Wildman–Crippen LogP) is 5.86. The van der Waals surface area contributed by atoms with Gasteiger partial charge in [0.1, 0.15) is 5.82 Å². The molecular weight excluding hydrogens is 323 g/mol. The van der Waals surface area contributed by atoms with Gasteiger partial charge in [0, 0.05) is 35.1 Å². The number of anilines is 1. The first-order valence-electron chi connectivity index (χ1n) is 7.85. The number of halogens is 2. The third-order valence-corrected chi connectivity index (χ3v) is 4.73. The molecule has 0 aromatic heterocycles. The van der Waals surface area contributed by atoms with Crippen LogP contribution in [0.25, 0.3) is 5.57 Å². The second kappa shape index (κ2) is 6.06. The van der Waals surface area contributed by atoms with Crippen LogP contribution in [-0.4, -0.2) is 18.8 Å². The molecule has 0 amide bonds. The minimum absolute atomic E-state index is 0.139. The number of benzene rings is 2. The topological polar surface area (TPSA) is 15.6 Å². The van der Waals surface area contributed by atoms with Crippen molar-refractivity contribution in [2.45, 2.75) is 26.3 Å². The summed E-state index contributed by atoms with van der Waals surface area (Å²) in [5.41, 5.74) is 4.10. The van der Waals surface area contributed by atoms with Crippen molar-refractivity contribution >= 4 is 34.8 Å². The van der Waals surface area contributed by atoms with Gasteiger partial charge in [-0.2, -0.15) is 0 Å². The molecule has 0 bridgehead atoms. The van der Waals surface area contributed by atoms with E-state index in [0.29, 0.717) is 16.3 Å². The molecule has 2 aromatic rings. The molecule has 0 spiro atoms. The molecule has 2 nitrogen and oxygen atoms in total. The largest absolute Gasteiger partial charge is 0.365 e. The molecule has 1 aliphatic heterocycles. The summed E-state index contributed by atoms with van der Waals surface area (Å²) in [6.45, 7) is 6.29. The Bertz CT molecular complexity index is 853. The molecule has 1 aliphatic rings. The molecule has 0 radical (unpaired) electrons. The summed E-state index contributed by atoms with van der Waals surface area (Å²) in [5.74, 6) is -0.281. The third-order valence-electron chi connectivity index (χ3n) is 4.50. The van der Waals surface area contributed by atoms with Crippen LogP contribution in [-0.2, 0) is 0 Å². The zero-order chi connectivity index (χ0) is 17.5. The molecule has 0 atom stereocenters. The molecule has 0 N–H and O–H groups in total. The average molecular weight is 343 g/mol. The van der Waals surface area contributed by atoms with Gasteiger partial charge in [0.2, 0.25) is 0 Å². The maximum atomic E-state index is 14.5. The Morgan fingerprint density at radius 3 is 2.67 bits per heavy atom. The van der Waals surface area contributed by atoms with Crippen LogP contribution in [0.2, 0.25) is 5.02 Å². The number of likely N-dealkylation sites (N-methyl/N-ethyl adjacent to an activating group) is 1. The maximum absolute atomic E-state index is 14.5. The highest BCUT2D eigenvalue weighted by atomic mass is 35.5. The van der Waals surface area contributed by atoms with Gasteiger partial charge in [-0.05, 0) is 56.7 Å². The van der Waals surface area contributed by atoms with E-state index in [4.69, 9.17) is 11.6 Å². The second-order valence-corrected chi connectivity index (χ2v) is 7.11. The molecule has 124 valence electrons. The monoisotopic (exact) mass is 342 g/mol. The zero-order valence-corrected chi connectivity index (χ0v) is 15.0. The van der Waals surface area contributed by atoms with Gasteiger partial charge in [0.15, 0.2) is 0 Å². The number of allylic oxidation sites excluding steroid dienone is 1.